The van der Waals surface area contributed by atoms with Crippen LogP contribution >= 0.6 is 35.0 Å². The van der Waals surface area contributed by atoms with Crippen LogP contribution in [0.15, 0.2) is 70.6 Å². The van der Waals surface area contributed by atoms with Crippen molar-refractivity contribution in [2.45, 2.75) is 11.7 Å². The minimum atomic E-state index is -0.203. The molecule has 0 atom stereocenters. The third kappa shape index (κ3) is 4.84. The molecule has 0 radical (unpaired) electrons. The molecule has 0 aliphatic carbocycles. The highest BCUT2D eigenvalue weighted by molar-refractivity contribution is 7.99. The molecule has 0 aliphatic rings. The van der Waals surface area contributed by atoms with Crippen LogP contribution < -0.4 is 5.32 Å². The number of nitrogens with one attached hydrogen (secondary N) is 1. The van der Waals surface area contributed by atoms with Crippen LogP contribution in [-0.2, 0) is 11.3 Å². The molecule has 30 heavy (non-hydrogen) atoms. The monoisotopic (exact) mass is 459 g/mol. The second-order valence-electron chi connectivity index (χ2n) is 6.15. The summed E-state index contributed by atoms with van der Waals surface area (Å²) in [5.41, 5.74) is 1.25. The maximum Gasteiger partial charge on any atom is 0.234 e. The van der Waals surface area contributed by atoms with Crippen molar-refractivity contribution in [3.63, 3.8) is 0 Å². The van der Waals surface area contributed by atoms with Crippen molar-refractivity contribution in [1.29, 1.82) is 0 Å². The largest absolute Gasteiger partial charge is 0.467 e. The van der Waals surface area contributed by atoms with Crippen LogP contribution in [0.1, 0.15) is 5.76 Å². The third-order valence-corrected chi connectivity index (χ3v) is 5.75. The van der Waals surface area contributed by atoms with Gasteiger partial charge in [0, 0.05) is 11.9 Å². The maximum absolute atomic E-state index is 12.4. The number of hydrogen-bond donors (Lipinski definition) is 1. The van der Waals surface area contributed by atoms with Crippen LogP contribution in [0, 0.1) is 0 Å². The van der Waals surface area contributed by atoms with Crippen LogP contribution in [0.2, 0.25) is 10.0 Å². The number of rotatable bonds is 7. The predicted octanol–water partition coefficient (Wildman–Crippen LogP) is 5.02. The zero-order valence-corrected chi connectivity index (χ0v) is 17.8. The molecule has 0 aliphatic heterocycles. The second-order valence-corrected chi connectivity index (χ2v) is 7.91. The SMILES string of the molecule is O=C(CSc1nnc(-c2ccccn2)n1Cc1ccco1)Nc1ccc(Cl)c(Cl)c1. The molecular weight excluding hydrogens is 445 g/mol. The molecule has 1 amide bonds. The molecule has 0 bridgehead atoms. The minimum Gasteiger partial charge on any atom is -0.467 e. The minimum absolute atomic E-state index is 0.138. The first-order valence-electron chi connectivity index (χ1n) is 8.85. The van der Waals surface area contributed by atoms with Crippen LogP contribution in [0.3, 0.4) is 0 Å². The molecule has 1 aromatic carbocycles. The molecule has 3 aromatic heterocycles. The first-order valence-corrected chi connectivity index (χ1v) is 10.6. The van der Waals surface area contributed by atoms with Gasteiger partial charge in [0.15, 0.2) is 11.0 Å². The molecule has 4 aromatic rings. The lowest BCUT2D eigenvalue weighted by molar-refractivity contribution is -0.113. The van der Waals surface area contributed by atoms with Gasteiger partial charge in [-0.05, 0) is 42.5 Å². The molecule has 0 unspecified atom stereocenters. The van der Waals surface area contributed by atoms with Crippen molar-refractivity contribution in [3.05, 3.63) is 76.8 Å². The molecule has 0 saturated carbocycles. The van der Waals surface area contributed by atoms with Gasteiger partial charge < -0.3 is 9.73 Å². The summed E-state index contributed by atoms with van der Waals surface area (Å²) in [5, 5.41) is 12.7. The quantitative estimate of drug-likeness (QED) is 0.390. The van der Waals surface area contributed by atoms with E-state index < -0.39 is 0 Å². The average molecular weight is 460 g/mol. The summed E-state index contributed by atoms with van der Waals surface area (Å²) in [5.74, 6) is 1.28. The van der Waals surface area contributed by atoms with Gasteiger partial charge in [0.05, 0.1) is 28.6 Å². The third-order valence-electron chi connectivity index (χ3n) is 4.04. The van der Waals surface area contributed by atoms with Crippen LogP contribution in [-0.4, -0.2) is 31.4 Å². The van der Waals surface area contributed by atoms with Gasteiger partial charge >= 0.3 is 0 Å². The number of nitrogens with zero attached hydrogens (tertiary/aromatic N) is 4. The Morgan fingerprint density at radius 3 is 2.73 bits per heavy atom. The summed E-state index contributed by atoms with van der Waals surface area (Å²) in [6, 6.07) is 14.2. The van der Waals surface area contributed by atoms with Gasteiger partial charge in [0.2, 0.25) is 5.91 Å². The van der Waals surface area contributed by atoms with Crippen LogP contribution in [0.5, 0.6) is 0 Å². The molecule has 0 saturated heterocycles. The lowest BCUT2D eigenvalue weighted by Crippen LogP contribution is -2.14. The van der Waals surface area contributed by atoms with Crippen LogP contribution in [0.25, 0.3) is 11.5 Å². The Hall–Kier alpha value is -2.81. The summed E-state index contributed by atoms with van der Waals surface area (Å²) in [6.45, 7) is 0.419. The lowest BCUT2D eigenvalue weighted by atomic mass is 10.3. The fourth-order valence-electron chi connectivity index (χ4n) is 2.68. The summed E-state index contributed by atoms with van der Waals surface area (Å²) in [7, 11) is 0. The predicted molar refractivity (Wildman–Crippen MR) is 117 cm³/mol. The van der Waals surface area contributed by atoms with E-state index in [0.29, 0.717) is 39.0 Å². The summed E-state index contributed by atoms with van der Waals surface area (Å²) >= 11 is 13.2. The number of carbonyl (C=O) groups is 1. The molecule has 1 N–H and O–H groups in total. The van der Waals surface area contributed by atoms with Crippen LogP contribution in [0.4, 0.5) is 5.69 Å². The smallest absolute Gasteiger partial charge is 0.234 e. The Kier molecular flexibility index (Phi) is 6.37. The molecule has 152 valence electrons. The van der Waals surface area contributed by atoms with E-state index in [2.05, 4.69) is 20.5 Å². The van der Waals surface area contributed by atoms with E-state index in [9.17, 15) is 4.79 Å². The number of halogens is 2. The van der Waals surface area contributed by atoms with E-state index in [0.717, 1.165) is 5.76 Å². The Balaban J connectivity index is 1.51. The summed E-state index contributed by atoms with van der Waals surface area (Å²) in [6.07, 6.45) is 3.30. The van der Waals surface area contributed by atoms with Crippen molar-refractivity contribution >= 4 is 46.6 Å². The highest BCUT2D eigenvalue weighted by Crippen LogP contribution is 2.26. The fraction of sp³-hybridized carbons (Fsp3) is 0.100. The molecule has 0 spiro atoms. The molecule has 7 nitrogen and oxygen atoms in total. The number of carbonyl (C=O) groups excluding carboxylic acids is 1. The Labute approximate surface area is 186 Å². The van der Waals surface area contributed by atoms with E-state index in [-0.39, 0.29) is 11.7 Å². The van der Waals surface area contributed by atoms with E-state index in [1.54, 1.807) is 30.7 Å². The average Bonchev–Trinajstić information content (AvgIpc) is 3.40. The van der Waals surface area contributed by atoms with Crippen molar-refractivity contribution in [2.75, 3.05) is 11.1 Å². The van der Waals surface area contributed by atoms with Gasteiger partial charge in [-0.25, -0.2) is 0 Å². The Bertz CT molecular complexity index is 1150. The topological polar surface area (TPSA) is 85.8 Å². The number of benzene rings is 1. The van der Waals surface area contributed by atoms with Crippen molar-refractivity contribution in [3.8, 4) is 11.5 Å². The number of hydrogen-bond acceptors (Lipinski definition) is 6. The number of furan rings is 1. The zero-order valence-electron chi connectivity index (χ0n) is 15.5. The number of anilines is 1. The maximum atomic E-state index is 12.4. The first kappa shape index (κ1) is 20.5. The van der Waals surface area contributed by atoms with Gasteiger partial charge in [-0.3, -0.25) is 14.3 Å². The molecule has 3 heterocycles. The number of amides is 1. The number of aromatic nitrogens is 4. The molecule has 10 heteroatoms. The first-order chi connectivity index (χ1) is 14.6. The van der Waals surface area contributed by atoms with E-state index in [1.165, 1.54) is 11.8 Å². The highest BCUT2D eigenvalue weighted by atomic mass is 35.5. The fourth-order valence-corrected chi connectivity index (χ4v) is 3.72. The summed E-state index contributed by atoms with van der Waals surface area (Å²) < 4.78 is 7.34. The second kappa shape index (κ2) is 9.34. The Morgan fingerprint density at radius 2 is 2.00 bits per heavy atom. The highest BCUT2D eigenvalue weighted by Gasteiger charge is 2.18. The Morgan fingerprint density at radius 1 is 1.10 bits per heavy atom. The van der Waals surface area contributed by atoms with Gasteiger partial charge in [-0.15, -0.1) is 10.2 Å². The van der Waals surface area contributed by atoms with Crippen molar-refractivity contribution in [2.24, 2.45) is 0 Å². The van der Waals surface area contributed by atoms with Gasteiger partial charge in [-0.2, -0.15) is 0 Å². The normalized spacial score (nSPS) is 10.9. The van der Waals surface area contributed by atoms with Crippen molar-refractivity contribution < 1.29 is 9.21 Å². The van der Waals surface area contributed by atoms with Gasteiger partial charge in [0.1, 0.15) is 11.5 Å². The number of pyridine rings is 1. The molecular formula is C20H15Cl2N5O2S. The summed E-state index contributed by atoms with van der Waals surface area (Å²) in [4.78, 5) is 16.7. The van der Waals surface area contributed by atoms with Crippen molar-refractivity contribution in [1.82, 2.24) is 19.7 Å². The molecule has 4 rings (SSSR count). The number of thioether (sulfide) groups is 1. The van der Waals surface area contributed by atoms with E-state index in [4.69, 9.17) is 27.6 Å². The zero-order chi connectivity index (χ0) is 20.9. The van der Waals surface area contributed by atoms with E-state index in [1.807, 2.05) is 34.9 Å². The standard InChI is InChI=1S/C20H15Cl2N5O2S/c21-15-7-6-13(10-16(15)22)24-18(28)12-30-20-26-25-19(17-5-1-2-8-23-17)27(20)11-14-4-3-9-29-14/h1-10H,11-12H2,(H,24,28). The van der Waals surface area contributed by atoms with E-state index >= 15 is 0 Å². The molecule has 0 fully saturated rings. The lowest BCUT2D eigenvalue weighted by Gasteiger charge is -2.09. The van der Waals surface area contributed by atoms with Gasteiger partial charge in [0.25, 0.3) is 0 Å². The van der Waals surface area contributed by atoms with Gasteiger partial charge in [-0.1, -0.05) is 41.0 Å².